The topological polar surface area (TPSA) is 66.5 Å². The van der Waals surface area contributed by atoms with Crippen molar-refractivity contribution in [2.45, 2.75) is 6.54 Å². The first-order valence-corrected chi connectivity index (χ1v) is 7.68. The zero-order valence-corrected chi connectivity index (χ0v) is 13.0. The molecule has 0 amide bonds. The number of pyridine rings is 1. The molecule has 0 saturated carbocycles. The van der Waals surface area contributed by atoms with E-state index in [4.69, 9.17) is 0 Å². The standard InChI is InChI=1S/C19H16N4O/c1-13-22-17(10-15-11-21-18-16(15)8-5-9-20-18)19(24)23(13)12-14-6-3-2-4-7-14/h2-11,22H,1,12H2,(H,20,21). The highest BCUT2D eigenvalue weighted by Crippen LogP contribution is 2.15. The molecule has 0 unspecified atom stereocenters. The SMILES string of the molecule is C=c1[nH]c(=Cc2c[nH]c3ncccc23)c(=O)n1Cc1ccccc1. The second-order valence-electron chi connectivity index (χ2n) is 5.65. The number of aromatic nitrogens is 4. The van der Waals surface area contributed by atoms with E-state index in [0.29, 0.717) is 17.4 Å². The summed E-state index contributed by atoms with van der Waals surface area (Å²) >= 11 is 0. The lowest BCUT2D eigenvalue weighted by Gasteiger charge is -2.01. The van der Waals surface area contributed by atoms with Gasteiger partial charge in [-0.2, -0.15) is 0 Å². The van der Waals surface area contributed by atoms with Crippen LogP contribution in [0.5, 0.6) is 0 Å². The van der Waals surface area contributed by atoms with Crippen LogP contribution in [0, 0.1) is 0 Å². The molecule has 5 nitrogen and oxygen atoms in total. The van der Waals surface area contributed by atoms with Crippen LogP contribution in [0.4, 0.5) is 0 Å². The summed E-state index contributed by atoms with van der Waals surface area (Å²) in [5.74, 6) is 0. The monoisotopic (exact) mass is 316 g/mol. The predicted octanol–water partition coefficient (Wildman–Crippen LogP) is 1.34. The van der Waals surface area contributed by atoms with Gasteiger partial charge in [0.05, 0.1) is 6.54 Å². The fourth-order valence-corrected chi connectivity index (χ4v) is 2.83. The summed E-state index contributed by atoms with van der Waals surface area (Å²) in [6, 6.07) is 13.7. The van der Waals surface area contributed by atoms with Crippen molar-refractivity contribution in [3.63, 3.8) is 0 Å². The molecule has 0 aliphatic heterocycles. The molecular formula is C19H16N4O. The Hall–Kier alpha value is -3.34. The van der Waals surface area contributed by atoms with Crippen LogP contribution < -0.4 is 16.4 Å². The molecule has 4 aromatic rings. The third-order valence-electron chi connectivity index (χ3n) is 4.05. The Labute approximate surface area is 137 Å². The van der Waals surface area contributed by atoms with Gasteiger partial charge in [0, 0.05) is 23.3 Å². The lowest BCUT2D eigenvalue weighted by Crippen LogP contribution is -2.31. The number of rotatable bonds is 3. The molecule has 3 heterocycles. The van der Waals surface area contributed by atoms with E-state index in [-0.39, 0.29) is 5.56 Å². The molecular weight excluding hydrogens is 300 g/mol. The van der Waals surface area contributed by atoms with Gasteiger partial charge in [0.1, 0.15) is 16.5 Å². The van der Waals surface area contributed by atoms with Crippen LogP contribution in [-0.4, -0.2) is 19.5 Å². The molecule has 0 spiro atoms. The molecule has 24 heavy (non-hydrogen) atoms. The highest BCUT2D eigenvalue weighted by Gasteiger charge is 2.06. The van der Waals surface area contributed by atoms with Gasteiger partial charge >= 0.3 is 0 Å². The number of fused-ring (bicyclic) bond motifs is 1. The summed E-state index contributed by atoms with van der Waals surface area (Å²) in [4.78, 5) is 23.1. The third-order valence-corrected chi connectivity index (χ3v) is 4.05. The van der Waals surface area contributed by atoms with Crippen molar-refractivity contribution in [1.82, 2.24) is 19.5 Å². The van der Waals surface area contributed by atoms with Gasteiger partial charge < -0.3 is 9.97 Å². The van der Waals surface area contributed by atoms with Crippen LogP contribution in [0.3, 0.4) is 0 Å². The molecule has 3 aromatic heterocycles. The zero-order valence-electron chi connectivity index (χ0n) is 13.0. The second-order valence-corrected chi connectivity index (χ2v) is 5.65. The molecule has 0 bridgehead atoms. The fraction of sp³-hybridized carbons (Fsp3) is 0.0526. The maximum Gasteiger partial charge on any atom is 0.276 e. The number of imidazole rings is 1. The van der Waals surface area contributed by atoms with E-state index in [1.807, 2.05) is 54.7 Å². The van der Waals surface area contributed by atoms with Crippen molar-refractivity contribution in [3.05, 3.63) is 87.2 Å². The van der Waals surface area contributed by atoms with E-state index < -0.39 is 0 Å². The third kappa shape index (κ3) is 2.46. The summed E-state index contributed by atoms with van der Waals surface area (Å²) in [5.41, 5.74) is 3.29. The van der Waals surface area contributed by atoms with Gasteiger partial charge in [0.25, 0.3) is 5.56 Å². The molecule has 0 fully saturated rings. The summed E-state index contributed by atoms with van der Waals surface area (Å²) in [6.45, 7) is 4.46. The first kappa shape index (κ1) is 14.3. The molecule has 0 radical (unpaired) electrons. The molecule has 0 aliphatic carbocycles. The van der Waals surface area contributed by atoms with E-state index in [9.17, 15) is 4.79 Å². The Morgan fingerprint density at radius 3 is 2.83 bits per heavy atom. The number of hydrogen-bond donors (Lipinski definition) is 2. The number of benzene rings is 1. The van der Waals surface area contributed by atoms with E-state index in [2.05, 4.69) is 21.5 Å². The molecule has 118 valence electrons. The molecule has 0 aliphatic rings. The Morgan fingerprint density at radius 2 is 2.00 bits per heavy atom. The summed E-state index contributed by atoms with van der Waals surface area (Å²) in [6.07, 6.45) is 5.42. The molecule has 2 N–H and O–H groups in total. The van der Waals surface area contributed by atoms with Crippen LogP contribution in [0.2, 0.25) is 0 Å². The van der Waals surface area contributed by atoms with Crippen LogP contribution in [0.1, 0.15) is 11.1 Å². The minimum atomic E-state index is -0.0814. The average Bonchev–Trinajstić information content (AvgIpc) is 3.13. The van der Waals surface area contributed by atoms with Gasteiger partial charge in [-0.15, -0.1) is 0 Å². The smallest absolute Gasteiger partial charge is 0.276 e. The molecule has 5 heteroatoms. The van der Waals surface area contributed by atoms with Crippen LogP contribution >= 0.6 is 0 Å². The predicted molar refractivity (Wildman–Crippen MR) is 95.0 cm³/mol. The van der Waals surface area contributed by atoms with Crippen molar-refractivity contribution < 1.29 is 0 Å². The number of hydrogen-bond acceptors (Lipinski definition) is 2. The van der Waals surface area contributed by atoms with Crippen molar-refractivity contribution in [3.8, 4) is 0 Å². The fourth-order valence-electron chi connectivity index (χ4n) is 2.83. The lowest BCUT2D eigenvalue weighted by atomic mass is 10.2. The average molecular weight is 316 g/mol. The number of nitrogens with one attached hydrogen (secondary N) is 2. The quantitative estimate of drug-likeness (QED) is 0.599. The van der Waals surface area contributed by atoms with Gasteiger partial charge in [-0.1, -0.05) is 36.9 Å². The zero-order chi connectivity index (χ0) is 16.5. The Balaban J connectivity index is 1.81. The van der Waals surface area contributed by atoms with Gasteiger partial charge in [0.2, 0.25) is 0 Å². The number of H-pyrrole nitrogens is 2. The van der Waals surface area contributed by atoms with Crippen LogP contribution in [0.25, 0.3) is 23.7 Å². The minimum Gasteiger partial charge on any atom is -0.346 e. The minimum absolute atomic E-state index is 0.0814. The van der Waals surface area contributed by atoms with Gasteiger partial charge in [-0.3, -0.25) is 9.36 Å². The van der Waals surface area contributed by atoms with E-state index in [1.165, 1.54) is 0 Å². The highest BCUT2D eigenvalue weighted by atomic mass is 16.1. The van der Waals surface area contributed by atoms with Gasteiger partial charge in [0.15, 0.2) is 0 Å². The van der Waals surface area contributed by atoms with Crippen LogP contribution in [-0.2, 0) is 6.54 Å². The molecule has 1 aromatic carbocycles. The van der Waals surface area contributed by atoms with Crippen molar-refractivity contribution in [2.75, 3.05) is 0 Å². The van der Waals surface area contributed by atoms with E-state index in [0.717, 1.165) is 22.2 Å². The normalized spacial score (nSPS) is 12.1. The first-order valence-electron chi connectivity index (χ1n) is 7.68. The van der Waals surface area contributed by atoms with Crippen molar-refractivity contribution in [1.29, 1.82) is 0 Å². The number of nitrogens with zero attached hydrogens (tertiary/aromatic N) is 2. The summed E-state index contributed by atoms with van der Waals surface area (Å²) < 4.78 is 1.65. The second kappa shape index (κ2) is 5.70. The van der Waals surface area contributed by atoms with E-state index >= 15 is 0 Å². The largest absolute Gasteiger partial charge is 0.346 e. The van der Waals surface area contributed by atoms with Gasteiger partial charge in [-0.05, 0) is 23.8 Å². The molecule has 4 rings (SSSR count). The number of aromatic amines is 2. The first-order chi connectivity index (χ1) is 11.7. The molecule has 0 atom stereocenters. The maximum atomic E-state index is 12.7. The highest BCUT2D eigenvalue weighted by molar-refractivity contribution is 5.85. The maximum absolute atomic E-state index is 12.7. The summed E-state index contributed by atoms with van der Waals surface area (Å²) in [7, 11) is 0. The van der Waals surface area contributed by atoms with Crippen LogP contribution in [0.15, 0.2) is 59.7 Å². The van der Waals surface area contributed by atoms with Crippen molar-refractivity contribution >= 4 is 23.7 Å². The van der Waals surface area contributed by atoms with Crippen molar-refractivity contribution in [2.24, 2.45) is 0 Å². The Morgan fingerprint density at radius 1 is 1.17 bits per heavy atom. The lowest BCUT2D eigenvalue weighted by molar-refractivity contribution is 0.743. The summed E-state index contributed by atoms with van der Waals surface area (Å²) in [5, 5.41) is 1.49. The van der Waals surface area contributed by atoms with E-state index in [1.54, 1.807) is 10.8 Å². The Bertz CT molecular complexity index is 1170. The molecule has 0 saturated heterocycles. The van der Waals surface area contributed by atoms with Gasteiger partial charge in [-0.25, -0.2) is 4.98 Å². The Kier molecular flexibility index (Phi) is 3.39.